The Balaban J connectivity index is 1.51. The number of hydrogen-bond donors (Lipinski definition) is 0. The van der Waals surface area contributed by atoms with Gasteiger partial charge in [0.2, 0.25) is 5.90 Å². The molecule has 0 saturated carbocycles. The number of nitrogens with zero attached hydrogens (tertiary/aromatic N) is 1. The number of carbonyl (C=O) groups excluding carboxylic acids is 1. The van der Waals surface area contributed by atoms with Gasteiger partial charge in [-0.05, 0) is 88.3 Å². The fourth-order valence-electron chi connectivity index (χ4n) is 2.77. The predicted molar refractivity (Wildman–Crippen MR) is 125 cm³/mol. The second-order valence-electron chi connectivity index (χ2n) is 6.33. The first kappa shape index (κ1) is 19.8. The topological polar surface area (TPSA) is 47.9 Å². The number of hydrogen-bond acceptors (Lipinski definition) is 4. The van der Waals surface area contributed by atoms with Crippen LogP contribution in [0.1, 0.15) is 16.7 Å². The van der Waals surface area contributed by atoms with Gasteiger partial charge in [0.1, 0.15) is 12.4 Å². The third-order valence-electron chi connectivity index (χ3n) is 4.17. The molecular formula is C23H15BrINO3. The molecule has 0 spiro atoms. The lowest BCUT2D eigenvalue weighted by Gasteiger charge is -2.07. The third kappa shape index (κ3) is 5.13. The normalized spacial score (nSPS) is 14.6. The summed E-state index contributed by atoms with van der Waals surface area (Å²) in [5.74, 6) is 0.564. The van der Waals surface area contributed by atoms with Crippen molar-refractivity contribution >= 4 is 56.5 Å². The van der Waals surface area contributed by atoms with E-state index in [1.54, 1.807) is 6.08 Å². The van der Waals surface area contributed by atoms with Crippen molar-refractivity contribution in [1.29, 1.82) is 0 Å². The maximum atomic E-state index is 12.2. The van der Waals surface area contributed by atoms with Gasteiger partial charge in [0.05, 0.1) is 0 Å². The van der Waals surface area contributed by atoms with Crippen LogP contribution in [0.2, 0.25) is 0 Å². The number of carbonyl (C=O) groups is 1. The molecule has 0 bridgehead atoms. The SMILES string of the molecule is O=C1OC(c2ccc(Br)cc2)=N/C1=C\c1cccc(OCc2cccc(I)c2)c1. The Morgan fingerprint density at radius 1 is 1.03 bits per heavy atom. The fraction of sp³-hybridized carbons (Fsp3) is 0.0435. The predicted octanol–water partition coefficient (Wildman–Crippen LogP) is 5.98. The Labute approximate surface area is 190 Å². The Bertz CT molecular complexity index is 1120. The van der Waals surface area contributed by atoms with Gasteiger partial charge in [0, 0.05) is 13.6 Å². The van der Waals surface area contributed by atoms with E-state index in [0.717, 1.165) is 26.9 Å². The smallest absolute Gasteiger partial charge is 0.363 e. The van der Waals surface area contributed by atoms with E-state index in [4.69, 9.17) is 9.47 Å². The molecule has 0 radical (unpaired) electrons. The van der Waals surface area contributed by atoms with Gasteiger partial charge >= 0.3 is 5.97 Å². The molecule has 3 aromatic rings. The standard InChI is InChI=1S/C23H15BrINO3/c24-18-9-7-17(8-10-18)22-26-21(23(27)29-22)13-15-3-2-6-20(12-15)28-14-16-4-1-5-19(25)11-16/h1-13H,14H2/b21-13-. The van der Waals surface area contributed by atoms with E-state index in [1.807, 2.05) is 66.7 Å². The first-order valence-corrected chi connectivity index (χ1v) is 10.7. The van der Waals surface area contributed by atoms with Crippen molar-refractivity contribution in [2.75, 3.05) is 0 Å². The van der Waals surface area contributed by atoms with E-state index in [9.17, 15) is 4.79 Å². The van der Waals surface area contributed by atoms with E-state index < -0.39 is 5.97 Å². The third-order valence-corrected chi connectivity index (χ3v) is 5.37. The Morgan fingerprint density at radius 2 is 1.83 bits per heavy atom. The number of rotatable bonds is 5. The van der Waals surface area contributed by atoms with Gasteiger partial charge in [-0.2, -0.15) is 0 Å². The van der Waals surface area contributed by atoms with Gasteiger partial charge in [0.25, 0.3) is 0 Å². The molecule has 0 unspecified atom stereocenters. The van der Waals surface area contributed by atoms with E-state index in [0.29, 0.717) is 12.5 Å². The van der Waals surface area contributed by atoms with E-state index in [2.05, 4.69) is 49.6 Å². The largest absolute Gasteiger partial charge is 0.489 e. The molecule has 1 aliphatic heterocycles. The van der Waals surface area contributed by atoms with Crippen LogP contribution in [0.5, 0.6) is 5.75 Å². The van der Waals surface area contributed by atoms with Gasteiger partial charge in [-0.25, -0.2) is 9.79 Å². The number of benzene rings is 3. The fourth-order valence-corrected chi connectivity index (χ4v) is 3.64. The summed E-state index contributed by atoms with van der Waals surface area (Å²) in [5, 5.41) is 0. The summed E-state index contributed by atoms with van der Waals surface area (Å²) in [4.78, 5) is 16.6. The quantitative estimate of drug-likeness (QED) is 0.219. The Morgan fingerprint density at radius 3 is 2.62 bits per heavy atom. The molecule has 0 aliphatic carbocycles. The average molecular weight is 560 g/mol. The molecular weight excluding hydrogens is 545 g/mol. The number of esters is 1. The van der Waals surface area contributed by atoms with Gasteiger partial charge in [-0.1, -0.05) is 40.2 Å². The van der Waals surface area contributed by atoms with Gasteiger partial charge in [-0.3, -0.25) is 0 Å². The van der Waals surface area contributed by atoms with E-state index in [-0.39, 0.29) is 5.70 Å². The number of aliphatic imine (C=N–C) groups is 1. The minimum atomic E-state index is -0.465. The zero-order valence-electron chi connectivity index (χ0n) is 15.1. The second-order valence-corrected chi connectivity index (χ2v) is 8.50. The van der Waals surface area contributed by atoms with Crippen molar-refractivity contribution in [1.82, 2.24) is 0 Å². The lowest BCUT2D eigenvalue weighted by Crippen LogP contribution is -2.05. The zero-order chi connectivity index (χ0) is 20.2. The van der Waals surface area contributed by atoms with Gasteiger partial charge < -0.3 is 9.47 Å². The van der Waals surface area contributed by atoms with Crippen LogP contribution in [0.25, 0.3) is 6.08 Å². The summed E-state index contributed by atoms with van der Waals surface area (Å²) in [7, 11) is 0. The van der Waals surface area contributed by atoms with Gasteiger partial charge in [-0.15, -0.1) is 0 Å². The monoisotopic (exact) mass is 559 g/mol. The summed E-state index contributed by atoms with van der Waals surface area (Å²) < 4.78 is 13.3. The maximum absolute atomic E-state index is 12.2. The molecule has 4 rings (SSSR count). The van der Waals surface area contributed by atoms with Gasteiger partial charge in [0.15, 0.2) is 5.70 Å². The van der Waals surface area contributed by atoms with Crippen molar-refractivity contribution in [2.24, 2.45) is 4.99 Å². The highest BCUT2D eigenvalue weighted by molar-refractivity contribution is 14.1. The second kappa shape index (κ2) is 8.92. The first-order chi connectivity index (χ1) is 14.1. The molecule has 0 N–H and O–H groups in total. The van der Waals surface area contributed by atoms with Crippen LogP contribution in [0, 0.1) is 3.57 Å². The summed E-state index contributed by atoms with van der Waals surface area (Å²) >= 11 is 5.67. The lowest BCUT2D eigenvalue weighted by atomic mass is 10.2. The summed E-state index contributed by atoms with van der Waals surface area (Å²) in [6.07, 6.45) is 1.70. The number of cyclic esters (lactones) is 1. The first-order valence-electron chi connectivity index (χ1n) is 8.83. The number of ether oxygens (including phenoxy) is 2. The molecule has 0 aromatic heterocycles. The van der Waals surface area contributed by atoms with Crippen molar-refractivity contribution in [3.63, 3.8) is 0 Å². The van der Waals surface area contributed by atoms with E-state index in [1.165, 1.54) is 3.57 Å². The molecule has 0 fully saturated rings. The van der Waals surface area contributed by atoms with Crippen LogP contribution in [-0.2, 0) is 16.1 Å². The molecule has 29 heavy (non-hydrogen) atoms. The zero-order valence-corrected chi connectivity index (χ0v) is 18.9. The van der Waals surface area contributed by atoms with Crippen LogP contribution in [-0.4, -0.2) is 11.9 Å². The summed E-state index contributed by atoms with van der Waals surface area (Å²) in [6, 6.07) is 23.2. The Hall–Kier alpha value is -2.45. The van der Waals surface area contributed by atoms with Crippen LogP contribution < -0.4 is 4.74 Å². The Kier molecular flexibility index (Phi) is 6.10. The van der Waals surface area contributed by atoms with Crippen molar-refractivity contribution in [3.8, 4) is 5.75 Å². The summed E-state index contributed by atoms with van der Waals surface area (Å²) in [5.41, 5.74) is 2.93. The molecule has 1 heterocycles. The average Bonchev–Trinajstić information content (AvgIpc) is 3.08. The lowest BCUT2D eigenvalue weighted by molar-refractivity contribution is -0.129. The van der Waals surface area contributed by atoms with Crippen molar-refractivity contribution in [3.05, 3.63) is 103 Å². The molecule has 144 valence electrons. The van der Waals surface area contributed by atoms with Crippen LogP contribution >= 0.6 is 38.5 Å². The van der Waals surface area contributed by atoms with Crippen molar-refractivity contribution in [2.45, 2.75) is 6.61 Å². The maximum Gasteiger partial charge on any atom is 0.363 e. The van der Waals surface area contributed by atoms with Crippen LogP contribution in [0.15, 0.2) is 88.0 Å². The molecule has 6 heteroatoms. The molecule has 4 nitrogen and oxygen atoms in total. The van der Waals surface area contributed by atoms with Crippen molar-refractivity contribution < 1.29 is 14.3 Å². The highest BCUT2D eigenvalue weighted by Gasteiger charge is 2.24. The molecule has 0 saturated heterocycles. The highest BCUT2D eigenvalue weighted by atomic mass is 127. The minimum Gasteiger partial charge on any atom is -0.489 e. The van der Waals surface area contributed by atoms with E-state index >= 15 is 0 Å². The highest BCUT2D eigenvalue weighted by Crippen LogP contribution is 2.23. The summed E-state index contributed by atoms with van der Waals surface area (Å²) in [6.45, 7) is 0.477. The molecule has 0 atom stereocenters. The molecule has 1 aliphatic rings. The van der Waals surface area contributed by atoms with Crippen LogP contribution in [0.4, 0.5) is 0 Å². The number of halogens is 2. The minimum absolute atomic E-state index is 0.262. The van der Waals surface area contributed by atoms with Crippen LogP contribution in [0.3, 0.4) is 0 Å². The molecule has 3 aromatic carbocycles. The molecule has 0 amide bonds.